The van der Waals surface area contributed by atoms with Crippen molar-refractivity contribution < 1.29 is 9.59 Å². The molecule has 0 unspecified atom stereocenters. The first-order valence-electron chi connectivity index (χ1n) is 7.98. The highest BCUT2D eigenvalue weighted by atomic mass is 16.2. The molecular weight excluding hydrogens is 294 g/mol. The van der Waals surface area contributed by atoms with Crippen LogP contribution in [0.25, 0.3) is 0 Å². The predicted molar refractivity (Wildman–Crippen MR) is 89.2 cm³/mol. The molecule has 23 heavy (non-hydrogen) atoms. The topological polar surface area (TPSA) is 79.3 Å². The number of likely N-dealkylation sites (tertiary alicyclic amines) is 1. The standard InChI is InChI=1S/C16H27N5O2/c1-16(2,3)9-12-8-13(21(5)19-12)18-15(23)17-11-6-7-14(22)20(4)10-11/h8,11H,6-7,9-10H2,1-5H3,(H2,17,18,23)/t11-/m1/s1. The van der Waals surface area contributed by atoms with E-state index in [0.717, 1.165) is 12.1 Å². The van der Waals surface area contributed by atoms with E-state index in [9.17, 15) is 9.59 Å². The lowest BCUT2D eigenvalue weighted by Crippen LogP contribution is -2.49. The molecule has 1 fully saturated rings. The number of rotatable bonds is 3. The van der Waals surface area contributed by atoms with Gasteiger partial charge in [0.2, 0.25) is 5.91 Å². The number of amides is 3. The number of nitrogens with one attached hydrogen (secondary N) is 2. The lowest BCUT2D eigenvalue weighted by Gasteiger charge is -2.30. The highest BCUT2D eigenvalue weighted by Gasteiger charge is 2.24. The predicted octanol–water partition coefficient (Wildman–Crippen LogP) is 1.75. The van der Waals surface area contributed by atoms with Crippen molar-refractivity contribution in [1.82, 2.24) is 20.0 Å². The summed E-state index contributed by atoms with van der Waals surface area (Å²) in [5.74, 6) is 0.795. The lowest BCUT2D eigenvalue weighted by molar-refractivity contribution is -0.132. The molecule has 1 aliphatic heterocycles. The van der Waals surface area contributed by atoms with Gasteiger partial charge in [-0.05, 0) is 18.3 Å². The molecule has 0 bridgehead atoms. The van der Waals surface area contributed by atoms with Crippen LogP contribution in [0.2, 0.25) is 0 Å². The highest BCUT2D eigenvalue weighted by molar-refractivity contribution is 5.88. The SMILES string of the molecule is CN1C[C@H](NC(=O)Nc2cc(CC(C)(C)C)nn2C)CCC1=O. The van der Waals surface area contributed by atoms with E-state index in [1.54, 1.807) is 16.6 Å². The van der Waals surface area contributed by atoms with Gasteiger partial charge in [0.25, 0.3) is 0 Å². The van der Waals surface area contributed by atoms with E-state index in [-0.39, 0.29) is 23.4 Å². The van der Waals surface area contributed by atoms with E-state index in [4.69, 9.17) is 0 Å². The number of hydrogen-bond donors (Lipinski definition) is 2. The molecule has 1 saturated heterocycles. The van der Waals surface area contributed by atoms with Crippen LogP contribution in [0.4, 0.5) is 10.6 Å². The van der Waals surface area contributed by atoms with Crippen molar-refractivity contribution in [2.45, 2.75) is 46.1 Å². The van der Waals surface area contributed by atoms with Gasteiger partial charge in [0.05, 0.1) is 5.69 Å². The lowest BCUT2D eigenvalue weighted by atomic mass is 9.91. The fourth-order valence-electron chi connectivity index (χ4n) is 2.74. The summed E-state index contributed by atoms with van der Waals surface area (Å²) in [6.07, 6.45) is 2.00. The van der Waals surface area contributed by atoms with Gasteiger partial charge in [-0.25, -0.2) is 4.79 Å². The normalized spacial score (nSPS) is 18.9. The first-order valence-corrected chi connectivity index (χ1v) is 7.98. The number of likely N-dealkylation sites (N-methyl/N-ethyl adjacent to an activating group) is 1. The van der Waals surface area contributed by atoms with Gasteiger partial charge in [-0.3, -0.25) is 14.8 Å². The van der Waals surface area contributed by atoms with Crippen LogP contribution in [0, 0.1) is 5.41 Å². The first-order chi connectivity index (χ1) is 10.6. The van der Waals surface area contributed by atoms with Gasteiger partial charge in [-0.1, -0.05) is 20.8 Å². The number of hydrogen-bond acceptors (Lipinski definition) is 3. The second kappa shape index (κ2) is 6.60. The number of aryl methyl sites for hydroxylation is 1. The van der Waals surface area contributed by atoms with E-state index in [0.29, 0.717) is 25.2 Å². The Kier molecular flexibility index (Phi) is 4.97. The molecule has 7 nitrogen and oxygen atoms in total. The maximum atomic E-state index is 12.1. The molecule has 3 amide bonds. The molecule has 1 aromatic rings. The molecule has 0 radical (unpaired) electrons. The molecular formula is C16H27N5O2. The van der Waals surface area contributed by atoms with Crippen LogP contribution in [0.5, 0.6) is 0 Å². The number of nitrogens with zero attached hydrogens (tertiary/aromatic N) is 3. The molecule has 0 saturated carbocycles. The van der Waals surface area contributed by atoms with Gasteiger partial charge in [0.15, 0.2) is 0 Å². The average Bonchev–Trinajstić information content (AvgIpc) is 2.71. The Hall–Kier alpha value is -2.05. The minimum Gasteiger partial charge on any atom is -0.344 e. The number of aromatic nitrogens is 2. The molecule has 2 N–H and O–H groups in total. The molecule has 0 aromatic carbocycles. The van der Waals surface area contributed by atoms with Crippen LogP contribution in [-0.4, -0.2) is 46.3 Å². The Bertz CT molecular complexity index is 588. The van der Waals surface area contributed by atoms with Crippen LogP contribution in [0.3, 0.4) is 0 Å². The molecule has 0 aliphatic carbocycles. The van der Waals surface area contributed by atoms with Crippen molar-refractivity contribution >= 4 is 17.8 Å². The summed E-state index contributed by atoms with van der Waals surface area (Å²) in [4.78, 5) is 25.3. The maximum Gasteiger partial charge on any atom is 0.320 e. The maximum absolute atomic E-state index is 12.1. The molecule has 7 heteroatoms. The molecule has 1 aliphatic rings. The summed E-state index contributed by atoms with van der Waals surface area (Å²) in [5.41, 5.74) is 1.10. The zero-order valence-electron chi connectivity index (χ0n) is 14.6. The Morgan fingerprint density at radius 2 is 2.09 bits per heavy atom. The van der Waals surface area contributed by atoms with Crippen molar-refractivity contribution in [3.8, 4) is 0 Å². The number of piperidine rings is 1. The summed E-state index contributed by atoms with van der Waals surface area (Å²) < 4.78 is 1.68. The van der Waals surface area contributed by atoms with Crippen LogP contribution < -0.4 is 10.6 Å². The molecule has 1 aromatic heterocycles. The minimum atomic E-state index is -0.261. The third kappa shape index (κ3) is 4.97. The number of carbonyl (C=O) groups excluding carboxylic acids is 2. The average molecular weight is 321 g/mol. The van der Waals surface area contributed by atoms with Crippen molar-refractivity contribution in [2.75, 3.05) is 18.9 Å². The summed E-state index contributed by atoms with van der Waals surface area (Å²) in [7, 11) is 3.57. The Morgan fingerprint density at radius 3 is 2.70 bits per heavy atom. The van der Waals surface area contributed by atoms with Gasteiger partial charge in [-0.15, -0.1) is 0 Å². The van der Waals surface area contributed by atoms with Crippen molar-refractivity contribution in [1.29, 1.82) is 0 Å². The van der Waals surface area contributed by atoms with Crippen molar-refractivity contribution in [3.05, 3.63) is 11.8 Å². The fraction of sp³-hybridized carbons (Fsp3) is 0.688. The van der Waals surface area contributed by atoms with Gasteiger partial charge < -0.3 is 10.2 Å². The quantitative estimate of drug-likeness (QED) is 0.890. The number of carbonyl (C=O) groups is 2. The zero-order valence-corrected chi connectivity index (χ0v) is 14.6. The zero-order chi connectivity index (χ0) is 17.2. The summed E-state index contributed by atoms with van der Waals surface area (Å²) in [6, 6.07) is 1.63. The van der Waals surface area contributed by atoms with Crippen LogP contribution >= 0.6 is 0 Å². The third-order valence-electron chi connectivity index (χ3n) is 3.85. The van der Waals surface area contributed by atoms with E-state index < -0.39 is 0 Å². The Morgan fingerprint density at radius 1 is 1.39 bits per heavy atom. The van der Waals surface area contributed by atoms with Gasteiger partial charge in [0, 0.05) is 39.2 Å². The van der Waals surface area contributed by atoms with Crippen LogP contribution in [-0.2, 0) is 18.3 Å². The van der Waals surface area contributed by atoms with E-state index in [2.05, 4.69) is 36.5 Å². The third-order valence-corrected chi connectivity index (χ3v) is 3.85. The molecule has 2 rings (SSSR count). The number of anilines is 1. The summed E-state index contributed by atoms with van der Waals surface area (Å²) >= 11 is 0. The molecule has 1 atom stereocenters. The van der Waals surface area contributed by atoms with E-state index in [1.807, 2.05) is 13.1 Å². The minimum absolute atomic E-state index is 0.0139. The van der Waals surface area contributed by atoms with Crippen LogP contribution in [0.15, 0.2) is 6.07 Å². The second-order valence-corrected chi connectivity index (χ2v) is 7.49. The summed E-state index contributed by atoms with van der Waals surface area (Å²) in [6.45, 7) is 7.01. The second-order valence-electron chi connectivity index (χ2n) is 7.49. The summed E-state index contributed by atoms with van der Waals surface area (Å²) in [5, 5.41) is 10.2. The Balaban J connectivity index is 1.91. The van der Waals surface area contributed by atoms with Crippen LogP contribution in [0.1, 0.15) is 39.3 Å². The smallest absolute Gasteiger partial charge is 0.320 e. The monoisotopic (exact) mass is 321 g/mol. The van der Waals surface area contributed by atoms with E-state index >= 15 is 0 Å². The first kappa shape index (κ1) is 17.3. The van der Waals surface area contributed by atoms with Crippen molar-refractivity contribution in [2.24, 2.45) is 12.5 Å². The highest BCUT2D eigenvalue weighted by Crippen LogP contribution is 2.21. The molecule has 128 valence electrons. The Labute approximate surface area is 137 Å². The van der Waals surface area contributed by atoms with Gasteiger partial charge in [-0.2, -0.15) is 5.10 Å². The number of urea groups is 1. The molecule has 2 heterocycles. The van der Waals surface area contributed by atoms with Crippen molar-refractivity contribution in [3.63, 3.8) is 0 Å². The largest absolute Gasteiger partial charge is 0.344 e. The van der Waals surface area contributed by atoms with Gasteiger partial charge in [0.1, 0.15) is 5.82 Å². The van der Waals surface area contributed by atoms with Gasteiger partial charge >= 0.3 is 6.03 Å². The molecule has 0 spiro atoms. The van der Waals surface area contributed by atoms with E-state index in [1.165, 1.54) is 0 Å². The fourth-order valence-corrected chi connectivity index (χ4v) is 2.74.